The van der Waals surface area contributed by atoms with E-state index in [4.69, 9.17) is 23.2 Å². The smallest absolute Gasteiger partial charge is 0.325 e. The van der Waals surface area contributed by atoms with Gasteiger partial charge in [0.1, 0.15) is 12.1 Å². The molecule has 0 aromatic heterocycles. The van der Waals surface area contributed by atoms with Gasteiger partial charge in [-0.15, -0.1) is 0 Å². The Morgan fingerprint density at radius 2 is 1.81 bits per heavy atom. The summed E-state index contributed by atoms with van der Waals surface area (Å²) in [6.45, 7) is 2.66. The van der Waals surface area contributed by atoms with Crippen molar-refractivity contribution >= 4 is 41.0 Å². The number of benzene rings is 1. The normalized spacial score (nSPS) is 23.8. The summed E-state index contributed by atoms with van der Waals surface area (Å²) in [6, 6.07) is 4.15. The minimum atomic E-state index is -1.32. The van der Waals surface area contributed by atoms with Gasteiger partial charge in [-0.1, -0.05) is 42.1 Å². The molecule has 0 radical (unpaired) electrons. The summed E-state index contributed by atoms with van der Waals surface area (Å²) in [7, 11) is 0. The maximum absolute atomic E-state index is 12.9. The first-order chi connectivity index (χ1) is 12.3. The van der Waals surface area contributed by atoms with Crippen molar-refractivity contribution in [1.82, 2.24) is 15.1 Å². The van der Waals surface area contributed by atoms with Gasteiger partial charge in [-0.05, 0) is 31.9 Å². The number of carbonyl (C=O) groups is 3. The third-order valence-corrected chi connectivity index (χ3v) is 5.54. The van der Waals surface area contributed by atoms with Crippen LogP contribution >= 0.6 is 23.2 Å². The van der Waals surface area contributed by atoms with E-state index >= 15 is 0 Å². The van der Waals surface area contributed by atoms with Crippen molar-refractivity contribution in [2.45, 2.75) is 38.1 Å². The average Bonchev–Trinajstić information content (AvgIpc) is 2.80. The number of urea groups is 1. The predicted molar refractivity (Wildman–Crippen MR) is 99.1 cm³/mol. The first kappa shape index (κ1) is 19.0. The first-order valence-corrected chi connectivity index (χ1v) is 9.46. The van der Waals surface area contributed by atoms with Crippen molar-refractivity contribution in [3.63, 3.8) is 0 Å². The van der Waals surface area contributed by atoms with Crippen LogP contribution in [0.25, 0.3) is 0 Å². The quantitative estimate of drug-likeness (QED) is 0.796. The van der Waals surface area contributed by atoms with E-state index in [1.54, 1.807) is 24.0 Å². The molecule has 2 heterocycles. The van der Waals surface area contributed by atoms with Gasteiger partial charge in [-0.2, -0.15) is 0 Å². The van der Waals surface area contributed by atoms with Gasteiger partial charge in [-0.25, -0.2) is 4.79 Å². The third kappa shape index (κ3) is 3.53. The molecule has 2 aliphatic rings. The molecule has 2 aliphatic heterocycles. The van der Waals surface area contributed by atoms with Gasteiger partial charge in [0.25, 0.3) is 5.91 Å². The van der Waals surface area contributed by atoms with E-state index in [1.165, 1.54) is 6.07 Å². The Labute approximate surface area is 162 Å². The highest BCUT2D eigenvalue weighted by Gasteiger charge is 2.50. The molecule has 1 N–H and O–H groups in total. The van der Waals surface area contributed by atoms with E-state index in [0.29, 0.717) is 23.7 Å². The molecular formula is C18H21Cl2N3O3. The third-order valence-electron chi connectivity index (χ3n) is 5.00. The van der Waals surface area contributed by atoms with Crippen LogP contribution in [0.3, 0.4) is 0 Å². The molecule has 4 amide bonds. The number of carbonyl (C=O) groups excluding carboxylic acids is 3. The molecule has 6 nitrogen and oxygen atoms in total. The highest BCUT2D eigenvalue weighted by atomic mass is 35.5. The molecule has 0 spiro atoms. The lowest BCUT2D eigenvalue weighted by atomic mass is 9.92. The van der Waals surface area contributed by atoms with Crippen LogP contribution in [0.15, 0.2) is 18.2 Å². The second kappa shape index (κ2) is 7.45. The maximum Gasteiger partial charge on any atom is 0.325 e. The molecule has 0 aliphatic carbocycles. The van der Waals surface area contributed by atoms with Crippen LogP contribution in [0.4, 0.5) is 4.79 Å². The van der Waals surface area contributed by atoms with Crippen LogP contribution in [0.2, 0.25) is 10.0 Å². The number of nitrogens with zero attached hydrogens (tertiary/aromatic N) is 2. The standard InChI is InChI=1S/C18H21Cl2N3O3/c1-18(13-7-6-12(19)10-14(13)20)16(25)23(17(26)21-18)11-15(24)22-8-4-2-3-5-9-22/h6-7,10H,2-5,8-9,11H2,1H3,(H,21,26)/t18-/m1/s1. The lowest BCUT2D eigenvalue weighted by molar-refractivity contribution is -0.138. The number of rotatable bonds is 3. The van der Waals surface area contributed by atoms with Gasteiger partial charge in [0.2, 0.25) is 5.91 Å². The number of amides is 4. The Hall–Kier alpha value is -1.79. The van der Waals surface area contributed by atoms with Crippen molar-refractivity contribution in [1.29, 1.82) is 0 Å². The summed E-state index contributed by atoms with van der Waals surface area (Å²) in [6.07, 6.45) is 4.09. The lowest BCUT2D eigenvalue weighted by Crippen LogP contribution is -2.44. The Morgan fingerprint density at radius 1 is 1.15 bits per heavy atom. The Morgan fingerprint density at radius 3 is 2.42 bits per heavy atom. The van der Waals surface area contributed by atoms with Crippen molar-refractivity contribution < 1.29 is 14.4 Å². The zero-order chi connectivity index (χ0) is 18.9. The zero-order valence-corrected chi connectivity index (χ0v) is 16.1. The maximum atomic E-state index is 12.9. The highest BCUT2D eigenvalue weighted by Crippen LogP contribution is 2.35. The predicted octanol–water partition coefficient (Wildman–Crippen LogP) is 3.16. The van der Waals surface area contributed by atoms with Gasteiger partial charge in [0.05, 0.1) is 0 Å². The van der Waals surface area contributed by atoms with E-state index in [1.807, 2.05) is 0 Å². The van der Waals surface area contributed by atoms with E-state index in [2.05, 4.69) is 5.32 Å². The van der Waals surface area contributed by atoms with Crippen molar-refractivity contribution in [3.05, 3.63) is 33.8 Å². The minimum Gasteiger partial charge on any atom is -0.341 e. The molecule has 140 valence electrons. The highest BCUT2D eigenvalue weighted by molar-refractivity contribution is 6.35. The zero-order valence-electron chi connectivity index (χ0n) is 14.6. The molecule has 8 heteroatoms. The summed E-state index contributed by atoms with van der Waals surface area (Å²) in [5.41, 5.74) is -0.871. The van der Waals surface area contributed by atoms with E-state index in [9.17, 15) is 14.4 Å². The molecule has 0 saturated carbocycles. The van der Waals surface area contributed by atoms with Crippen molar-refractivity contribution in [2.24, 2.45) is 0 Å². The topological polar surface area (TPSA) is 69.7 Å². The number of likely N-dealkylation sites (tertiary alicyclic amines) is 1. The molecule has 1 atom stereocenters. The minimum absolute atomic E-state index is 0.207. The summed E-state index contributed by atoms with van der Waals surface area (Å²) in [5, 5.41) is 3.39. The molecule has 1 aromatic rings. The van der Waals surface area contributed by atoms with Crippen LogP contribution in [0.1, 0.15) is 38.2 Å². The van der Waals surface area contributed by atoms with Gasteiger partial charge < -0.3 is 10.2 Å². The van der Waals surface area contributed by atoms with Crippen LogP contribution in [-0.4, -0.2) is 47.3 Å². The summed E-state index contributed by atoms with van der Waals surface area (Å²) < 4.78 is 0. The van der Waals surface area contributed by atoms with E-state index in [0.717, 1.165) is 30.6 Å². The molecular weight excluding hydrogens is 377 g/mol. The molecule has 0 bridgehead atoms. The Kier molecular flexibility index (Phi) is 5.44. The monoisotopic (exact) mass is 397 g/mol. The fraction of sp³-hybridized carbons (Fsp3) is 0.500. The van der Waals surface area contributed by atoms with E-state index in [-0.39, 0.29) is 17.5 Å². The number of hydrogen-bond acceptors (Lipinski definition) is 3. The Bertz CT molecular complexity index is 747. The lowest BCUT2D eigenvalue weighted by Gasteiger charge is -2.25. The second-order valence-corrected chi connectivity index (χ2v) is 7.71. The fourth-order valence-electron chi connectivity index (χ4n) is 3.47. The van der Waals surface area contributed by atoms with Gasteiger partial charge in [0.15, 0.2) is 0 Å². The summed E-state index contributed by atoms with van der Waals surface area (Å²) in [5.74, 6) is -0.697. The summed E-state index contributed by atoms with van der Waals surface area (Å²) in [4.78, 5) is 40.6. The van der Waals surface area contributed by atoms with Gasteiger partial charge >= 0.3 is 6.03 Å². The van der Waals surface area contributed by atoms with Crippen LogP contribution < -0.4 is 5.32 Å². The Balaban J connectivity index is 1.79. The first-order valence-electron chi connectivity index (χ1n) is 8.70. The second-order valence-electron chi connectivity index (χ2n) is 6.87. The summed E-state index contributed by atoms with van der Waals surface area (Å²) >= 11 is 12.1. The number of imide groups is 1. The SMILES string of the molecule is C[C@]1(c2ccc(Cl)cc2Cl)NC(=O)N(CC(=O)N2CCCCCC2)C1=O. The van der Waals surface area contributed by atoms with Crippen molar-refractivity contribution in [2.75, 3.05) is 19.6 Å². The van der Waals surface area contributed by atoms with Crippen LogP contribution in [0, 0.1) is 0 Å². The van der Waals surface area contributed by atoms with E-state index < -0.39 is 17.5 Å². The number of halogens is 2. The van der Waals surface area contributed by atoms with Gasteiger partial charge in [-0.3, -0.25) is 14.5 Å². The fourth-order valence-corrected chi connectivity index (χ4v) is 4.07. The molecule has 2 fully saturated rings. The van der Waals surface area contributed by atoms with Gasteiger partial charge in [0, 0.05) is 28.7 Å². The van der Waals surface area contributed by atoms with Crippen molar-refractivity contribution in [3.8, 4) is 0 Å². The average molecular weight is 398 g/mol. The van der Waals surface area contributed by atoms with Crippen LogP contribution in [-0.2, 0) is 15.1 Å². The molecule has 0 unspecified atom stereocenters. The molecule has 3 rings (SSSR count). The van der Waals surface area contributed by atoms with Crippen LogP contribution in [0.5, 0.6) is 0 Å². The molecule has 1 aromatic carbocycles. The molecule has 2 saturated heterocycles. The number of hydrogen-bond donors (Lipinski definition) is 1. The largest absolute Gasteiger partial charge is 0.341 e. The number of nitrogens with one attached hydrogen (secondary N) is 1. The molecule has 26 heavy (non-hydrogen) atoms.